The van der Waals surface area contributed by atoms with Crippen LogP contribution in [0.25, 0.3) is 22.0 Å². The Balaban J connectivity index is 1.53. The van der Waals surface area contributed by atoms with Crippen molar-refractivity contribution in [1.29, 1.82) is 0 Å². The molecule has 1 fully saturated rings. The fourth-order valence-corrected chi connectivity index (χ4v) is 3.73. The van der Waals surface area contributed by atoms with Gasteiger partial charge in [-0.3, -0.25) is 0 Å². The molecule has 128 valence electrons. The molecule has 25 heavy (non-hydrogen) atoms. The highest BCUT2D eigenvalue weighted by Crippen LogP contribution is 2.25. The van der Waals surface area contributed by atoms with E-state index in [1.807, 2.05) is 24.3 Å². The van der Waals surface area contributed by atoms with Gasteiger partial charge in [0.25, 0.3) is 0 Å². The van der Waals surface area contributed by atoms with E-state index in [1.54, 1.807) is 0 Å². The summed E-state index contributed by atoms with van der Waals surface area (Å²) in [6.45, 7) is 4.61. The molecule has 4 rings (SSSR count). The molecular weight excluding hydrogens is 330 g/mol. The first-order valence-corrected chi connectivity index (χ1v) is 9.33. The topological polar surface area (TPSA) is 29.0 Å². The molecule has 1 saturated heterocycles. The van der Waals surface area contributed by atoms with Gasteiger partial charge in [0.15, 0.2) is 0 Å². The summed E-state index contributed by atoms with van der Waals surface area (Å²) in [4.78, 5) is 2.55. The summed E-state index contributed by atoms with van der Waals surface area (Å²) in [5, 5.41) is 10.8. The molecule has 0 bridgehead atoms. The van der Waals surface area contributed by atoms with Crippen LogP contribution in [0.5, 0.6) is 0 Å². The van der Waals surface area contributed by atoms with Crippen molar-refractivity contribution in [2.75, 3.05) is 13.1 Å². The number of benzene rings is 2. The molecule has 0 aliphatic carbocycles. The first kappa shape index (κ1) is 16.5. The number of nitrogens with zero attached hydrogens (tertiary/aromatic N) is 3. The van der Waals surface area contributed by atoms with Crippen LogP contribution in [0, 0.1) is 0 Å². The van der Waals surface area contributed by atoms with Crippen LogP contribution >= 0.6 is 11.6 Å². The minimum absolute atomic E-state index is 0.704. The lowest BCUT2D eigenvalue weighted by molar-refractivity contribution is 0.271. The summed E-state index contributed by atoms with van der Waals surface area (Å²) in [6, 6.07) is 17.1. The Morgan fingerprint density at radius 1 is 1.04 bits per heavy atom. The molecule has 1 unspecified atom stereocenters. The zero-order chi connectivity index (χ0) is 17.2. The minimum atomic E-state index is 0.704. The predicted octanol–water partition coefficient (Wildman–Crippen LogP) is 4.98. The molecule has 3 nitrogen and oxygen atoms in total. The molecule has 4 heteroatoms. The molecule has 2 heterocycles. The molecule has 1 atom stereocenters. The van der Waals surface area contributed by atoms with Crippen molar-refractivity contribution in [2.24, 2.45) is 0 Å². The van der Waals surface area contributed by atoms with Crippen molar-refractivity contribution in [3.8, 4) is 11.1 Å². The van der Waals surface area contributed by atoms with Gasteiger partial charge in [-0.15, -0.1) is 0 Å². The van der Waals surface area contributed by atoms with Crippen molar-refractivity contribution in [3.63, 3.8) is 0 Å². The number of hydrogen-bond acceptors (Lipinski definition) is 3. The van der Waals surface area contributed by atoms with Crippen LogP contribution < -0.4 is 0 Å². The van der Waals surface area contributed by atoms with E-state index in [-0.39, 0.29) is 0 Å². The van der Waals surface area contributed by atoms with E-state index in [1.165, 1.54) is 19.4 Å². The van der Waals surface area contributed by atoms with Crippen molar-refractivity contribution in [1.82, 2.24) is 15.1 Å². The van der Waals surface area contributed by atoms with Crippen molar-refractivity contribution in [3.05, 3.63) is 59.2 Å². The Kier molecular flexibility index (Phi) is 4.69. The van der Waals surface area contributed by atoms with Crippen LogP contribution in [-0.4, -0.2) is 34.2 Å². The molecule has 0 spiro atoms. The maximum Gasteiger partial charge on any atom is 0.0936 e. The molecular formula is C21H22ClN3. The molecule has 0 N–H and O–H groups in total. The van der Waals surface area contributed by atoms with Gasteiger partial charge in [0, 0.05) is 29.4 Å². The maximum absolute atomic E-state index is 5.97. The zero-order valence-corrected chi connectivity index (χ0v) is 15.2. The molecule has 3 aromatic rings. The Labute approximate surface area is 153 Å². The fourth-order valence-electron chi connectivity index (χ4n) is 3.61. The number of likely N-dealkylation sites (tertiary alicyclic amines) is 1. The average Bonchev–Trinajstić information content (AvgIpc) is 3.05. The fraction of sp³-hybridized carbons (Fsp3) is 0.333. The number of rotatable bonds is 4. The molecule has 0 amide bonds. The van der Waals surface area contributed by atoms with Crippen LogP contribution in [0.4, 0.5) is 0 Å². The normalized spacial score (nSPS) is 18.1. The van der Waals surface area contributed by atoms with E-state index in [0.29, 0.717) is 6.04 Å². The molecule has 0 saturated carbocycles. The van der Waals surface area contributed by atoms with Crippen LogP contribution in [0.1, 0.15) is 25.5 Å². The summed E-state index contributed by atoms with van der Waals surface area (Å²) < 4.78 is 0. The molecule has 1 aromatic heterocycles. The lowest BCUT2D eigenvalue weighted by Gasteiger charge is -2.20. The zero-order valence-electron chi connectivity index (χ0n) is 14.5. The van der Waals surface area contributed by atoms with Gasteiger partial charge in [0.2, 0.25) is 0 Å². The summed E-state index contributed by atoms with van der Waals surface area (Å²) in [5.41, 5.74) is 4.29. The van der Waals surface area contributed by atoms with Crippen LogP contribution in [0.2, 0.25) is 5.02 Å². The van der Waals surface area contributed by atoms with Gasteiger partial charge in [-0.2, -0.15) is 10.2 Å². The van der Waals surface area contributed by atoms with E-state index in [9.17, 15) is 0 Å². The Bertz CT molecular complexity index is 876. The Morgan fingerprint density at radius 3 is 2.60 bits per heavy atom. The first-order valence-electron chi connectivity index (χ1n) is 8.95. The van der Waals surface area contributed by atoms with Gasteiger partial charge >= 0.3 is 0 Å². The van der Waals surface area contributed by atoms with E-state index in [4.69, 9.17) is 11.6 Å². The second-order valence-corrected chi connectivity index (χ2v) is 7.33. The number of fused-ring (bicyclic) bond motifs is 1. The quantitative estimate of drug-likeness (QED) is 0.664. The van der Waals surface area contributed by atoms with Crippen LogP contribution in [0.15, 0.2) is 48.5 Å². The van der Waals surface area contributed by atoms with Gasteiger partial charge in [-0.05, 0) is 61.7 Å². The summed E-state index contributed by atoms with van der Waals surface area (Å²) >= 11 is 5.97. The highest BCUT2D eigenvalue weighted by atomic mass is 35.5. The van der Waals surface area contributed by atoms with Crippen molar-refractivity contribution < 1.29 is 0 Å². The van der Waals surface area contributed by atoms with Gasteiger partial charge in [0.05, 0.1) is 11.2 Å². The second-order valence-electron chi connectivity index (χ2n) is 6.89. The van der Waals surface area contributed by atoms with Gasteiger partial charge in [-0.25, -0.2) is 0 Å². The number of halogens is 1. The average molecular weight is 352 g/mol. The van der Waals surface area contributed by atoms with Crippen LogP contribution in [0.3, 0.4) is 0 Å². The Hall–Kier alpha value is -1.97. The monoisotopic (exact) mass is 351 g/mol. The van der Waals surface area contributed by atoms with Crippen LogP contribution in [-0.2, 0) is 6.42 Å². The molecule has 0 radical (unpaired) electrons. The predicted molar refractivity (Wildman–Crippen MR) is 104 cm³/mol. The largest absolute Gasteiger partial charge is 0.300 e. The minimum Gasteiger partial charge on any atom is -0.300 e. The third kappa shape index (κ3) is 3.68. The summed E-state index contributed by atoms with van der Waals surface area (Å²) in [7, 11) is 0. The van der Waals surface area contributed by atoms with E-state index in [2.05, 4.69) is 46.3 Å². The van der Waals surface area contributed by atoms with Gasteiger partial charge < -0.3 is 4.90 Å². The highest BCUT2D eigenvalue weighted by molar-refractivity contribution is 6.30. The first-order chi connectivity index (χ1) is 12.2. The highest BCUT2D eigenvalue weighted by Gasteiger charge is 2.19. The smallest absolute Gasteiger partial charge is 0.0936 e. The lowest BCUT2D eigenvalue weighted by Crippen LogP contribution is -2.29. The Morgan fingerprint density at radius 2 is 1.84 bits per heavy atom. The second kappa shape index (κ2) is 7.11. The third-order valence-corrected chi connectivity index (χ3v) is 5.41. The van der Waals surface area contributed by atoms with Crippen molar-refractivity contribution in [2.45, 2.75) is 32.2 Å². The molecule has 1 aliphatic rings. The van der Waals surface area contributed by atoms with Gasteiger partial charge in [0.1, 0.15) is 0 Å². The van der Waals surface area contributed by atoms with Gasteiger partial charge in [-0.1, -0.05) is 35.9 Å². The third-order valence-electron chi connectivity index (χ3n) is 5.16. The van der Waals surface area contributed by atoms with E-state index in [0.717, 1.165) is 45.7 Å². The summed E-state index contributed by atoms with van der Waals surface area (Å²) in [5.74, 6) is 0. The summed E-state index contributed by atoms with van der Waals surface area (Å²) in [6.07, 6.45) is 3.60. The number of aromatic nitrogens is 2. The molecule has 1 aliphatic heterocycles. The maximum atomic E-state index is 5.97. The van der Waals surface area contributed by atoms with E-state index >= 15 is 0 Å². The molecule has 2 aromatic carbocycles. The van der Waals surface area contributed by atoms with E-state index < -0.39 is 0 Å². The SMILES string of the molecule is CC1CCCN1CCc1cc2ccc(-c3ccc(Cl)cc3)cc2nn1. The standard InChI is InChI=1S/C21H22ClN3/c1-15-3-2-11-25(15)12-10-20-13-18-5-4-17(14-21(18)24-23-20)16-6-8-19(22)9-7-16/h4-9,13-15H,2-3,10-12H2,1H3. The van der Waals surface area contributed by atoms with Crippen molar-refractivity contribution >= 4 is 22.5 Å². The lowest BCUT2D eigenvalue weighted by atomic mass is 10.0. The number of hydrogen-bond donors (Lipinski definition) is 0.